The molecule has 0 spiro atoms. The van der Waals surface area contributed by atoms with Gasteiger partial charge in [-0.1, -0.05) is 15.9 Å². The number of amides is 1. The fourth-order valence-electron chi connectivity index (χ4n) is 1.91. The SMILES string of the molecule is O=C(CNCc1cc2c(cc1Br)OCO2)NC1CC1. The van der Waals surface area contributed by atoms with Crippen molar-refractivity contribution in [3.8, 4) is 11.5 Å². The standard InChI is InChI=1S/C13H15BrN2O3/c14-10-4-12-11(18-7-19-12)3-8(10)5-15-6-13(17)16-9-1-2-9/h3-4,9,15H,1-2,5-7H2,(H,16,17). The first-order chi connectivity index (χ1) is 9.22. The number of ether oxygens (including phenoxy) is 2. The highest BCUT2D eigenvalue weighted by molar-refractivity contribution is 9.10. The first-order valence-corrected chi connectivity index (χ1v) is 7.10. The molecule has 3 rings (SSSR count). The fraction of sp³-hybridized carbons (Fsp3) is 0.462. The molecule has 1 amide bonds. The molecule has 1 aromatic rings. The number of hydrogen-bond acceptors (Lipinski definition) is 4. The molecule has 19 heavy (non-hydrogen) atoms. The van der Waals surface area contributed by atoms with E-state index >= 15 is 0 Å². The van der Waals surface area contributed by atoms with Crippen LogP contribution in [0.3, 0.4) is 0 Å². The van der Waals surface area contributed by atoms with Gasteiger partial charge in [0.1, 0.15) is 0 Å². The summed E-state index contributed by atoms with van der Waals surface area (Å²) in [5.41, 5.74) is 1.04. The summed E-state index contributed by atoms with van der Waals surface area (Å²) in [4.78, 5) is 11.5. The highest BCUT2D eigenvalue weighted by atomic mass is 79.9. The lowest BCUT2D eigenvalue weighted by atomic mass is 10.2. The molecule has 1 aromatic carbocycles. The van der Waals surface area contributed by atoms with Gasteiger partial charge in [0.05, 0.1) is 6.54 Å². The van der Waals surface area contributed by atoms with E-state index in [-0.39, 0.29) is 12.7 Å². The fourth-order valence-corrected chi connectivity index (χ4v) is 2.37. The smallest absolute Gasteiger partial charge is 0.234 e. The summed E-state index contributed by atoms with van der Waals surface area (Å²) in [6.45, 7) is 1.20. The molecule has 6 heteroatoms. The molecule has 1 fully saturated rings. The second-order valence-corrected chi connectivity index (χ2v) is 5.60. The minimum atomic E-state index is 0.0550. The predicted molar refractivity (Wildman–Crippen MR) is 73.1 cm³/mol. The maximum Gasteiger partial charge on any atom is 0.234 e. The predicted octanol–water partition coefficient (Wildman–Crippen LogP) is 1.55. The van der Waals surface area contributed by atoms with Crippen LogP contribution >= 0.6 is 15.9 Å². The Hall–Kier alpha value is -1.27. The van der Waals surface area contributed by atoms with Crippen LogP contribution in [0.4, 0.5) is 0 Å². The molecule has 0 atom stereocenters. The molecule has 1 saturated carbocycles. The van der Waals surface area contributed by atoms with E-state index in [1.165, 1.54) is 0 Å². The number of rotatable bonds is 5. The normalized spacial score (nSPS) is 16.5. The van der Waals surface area contributed by atoms with E-state index in [1.54, 1.807) is 0 Å². The minimum Gasteiger partial charge on any atom is -0.454 e. The van der Waals surface area contributed by atoms with Crippen LogP contribution in [0, 0.1) is 0 Å². The van der Waals surface area contributed by atoms with E-state index in [0.717, 1.165) is 34.4 Å². The molecule has 0 aromatic heterocycles. The van der Waals surface area contributed by atoms with Gasteiger partial charge in [0.2, 0.25) is 12.7 Å². The molecule has 1 aliphatic heterocycles. The maximum absolute atomic E-state index is 11.5. The molecule has 1 aliphatic carbocycles. The zero-order valence-electron chi connectivity index (χ0n) is 10.4. The summed E-state index contributed by atoms with van der Waals surface area (Å²) in [6, 6.07) is 4.23. The van der Waals surface area contributed by atoms with Crippen LogP contribution in [-0.4, -0.2) is 25.3 Å². The van der Waals surface area contributed by atoms with E-state index in [9.17, 15) is 4.79 Å². The molecular weight excluding hydrogens is 312 g/mol. The summed E-state index contributed by atoms with van der Waals surface area (Å²) < 4.78 is 11.6. The Morgan fingerprint density at radius 1 is 1.32 bits per heavy atom. The number of hydrogen-bond donors (Lipinski definition) is 2. The maximum atomic E-state index is 11.5. The van der Waals surface area contributed by atoms with Crippen molar-refractivity contribution >= 4 is 21.8 Å². The quantitative estimate of drug-likeness (QED) is 0.861. The summed E-state index contributed by atoms with van der Waals surface area (Å²) in [7, 11) is 0. The van der Waals surface area contributed by atoms with Crippen molar-refractivity contribution in [1.29, 1.82) is 0 Å². The van der Waals surface area contributed by atoms with Gasteiger partial charge in [0, 0.05) is 17.1 Å². The molecule has 2 N–H and O–H groups in total. The number of fused-ring (bicyclic) bond motifs is 1. The van der Waals surface area contributed by atoms with Gasteiger partial charge in [-0.2, -0.15) is 0 Å². The van der Waals surface area contributed by atoms with Gasteiger partial charge in [0.25, 0.3) is 0 Å². The van der Waals surface area contributed by atoms with E-state index in [4.69, 9.17) is 9.47 Å². The van der Waals surface area contributed by atoms with Crippen LogP contribution in [0.25, 0.3) is 0 Å². The zero-order valence-corrected chi connectivity index (χ0v) is 12.0. The number of halogens is 1. The van der Waals surface area contributed by atoms with Crippen LogP contribution < -0.4 is 20.1 Å². The molecular formula is C13H15BrN2O3. The molecule has 0 unspecified atom stereocenters. The summed E-state index contributed by atoms with van der Waals surface area (Å²) in [5.74, 6) is 1.56. The van der Waals surface area contributed by atoms with Crippen LogP contribution in [0.15, 0.2) is 16.6 Å². The average molecular weight is 327 g/mol. The lowest BCUT2D eigenvalue weighted by molar-refractivity contribution is -0.120. The second-order valence-electron chi connectivity index (χ2n) is 4.74. The van der Waals surface area contributed by atoms with Gasteiger partial charge in [-0.25, -0.2) is 0 Å². The third kappa shape index (κ3) is 3.19. The van der Waals surface area contributed by atoms with Gasteiger partial charge < -0.3 is 20.1 Å². The van der Waals surface area contributed by atoms with Crippen molar-refractivity contribution in [2.75, 3.05) is 13.3 Å². The summed E-state index contributed by atoms with van der Waals surface area (Å²) >= 11 is 3.49. The lowest BCUT2D eigenvalue weighted by Crippen LogP contribution is -2.34. The van der Waals surface area contributed by atoms with Gasteiger partial charge in [-0.05, 0) is 30.5 Å². The number of carbonyl (C=O) groups is 1. The van der Waals surface area contributed by atoms with Gasteiger partial charge in [0.15, 0.2) is 11.5 Å². The lowest BCUT2D eigenvalue weighted by Gasteiger charge is -2.08. The number of benzene rings is 1. The number of nitrogens with one attached hydrogen (secondary N) is 2. The topological polar surface area (TPSA) is 59.6 Å². The molecule has 0 saturated heterocycles. The third-order valence-electron chi connectivity index (χ3n) is 3.09. The summed E-state index contributed by atoms with van der Waals surface area (Å²) in [6.07, 6.45) is 2.22. The Kier molecular flexibility index (Phi) is 3.61. The van der Waals surface area contributed by atoms with Crippen molar-refractivity contribution in [2.24, 2.45) is 0 Å². The van der Waals surface area contributed by atoms with Crippen LogP contribution in [0.1, 0.15) is 18.4 Å². The third-order valence-corrected chi connectivity index (χ3v) is 3.82. The molecule has 0 radical (unpaired) electrons. The van der Waals surface area contributed by atoms with Crippen molar-refractivity contribution in [1.82, 2.24) is 10.6 Å². The van der Waals surface area contributed by atoms with Crippen molar-refractivity contribution < 1.29 is 14.3 Å². The van der Waals surface area contributed by atoms with Crippen LogP contribution in [-0.2, 0) is 11.3 Å². The van der Waals surface area contributed by atoms with E-state index in [0.29, 0.717) is 19.1 Å². The van der Waals surface area contributed by atoms with E-state index in [1.807, 2.05) is 12.1 Å². The van der Waals surface area contributed by atoms with Gasteiger partial charge in [-0.15, -0.1) is 0 Å². The van der Waals surface area contributed by atoms with Crippen molar-refractivity contribution in [3.05, 3.63) is 22.2 Å². The largest absolute Gasteiger partial charge is 0.454 e. The van der Waals surface area contributed by atoms with Crippen molar-refractivity contribution in [2.45, 2.75) is 25.4 Å². The molecule has 1 heterocycles. The Morgan fingerprint density at radius 3 is 2.79 bits per heavy atom. The molecule has 0 bridgehead atoms. The molecule has 102 valence electrons. The highest BCUT2D eigenvalue weighted by Gasteiger charge is 2.22. The second kappa shape index (κ2) is 5.38. The highest BCUT2D eigenvalue weighted by Crippen LogP contribution is 2.36. The van der Waals surface area contributed by atoms with Crippen LogP contribution in [0.2, 0.25) is 0 Å². The number of carbonyl (C=O) groups excluding carboxylic acids is 1. The first-order valence-electron chi connectivity index (χ1n) is 6.30. The average Bonchev–Trinajstić information content (AvgIpc) is 3.06. The Labute approximate surface area is 119 Å². The van der Waals surface area contributed by atoms with Crippen molar-refractivity contribution in [3.63, 3.8) is 0 Å². The monoisotopic (exact) mass is 326 g/mol. The summed E-state index contributed by atoms with van der Waals surface area (Å²) in [5, 5.41) is 6.07. The Balaban J connectivity index is 1.53. The zero-order chi connectivity index (χ0) is 13.2. The Morgan fingerprint density at radius 2 is 2.05 bits per heavy atom. The van der Waals surface area contributed by atoms with Gasteiger partial charge >= 0.3 is 0 Å². The molecule has 5 nitrogen and oxygen atoms in total. The Bertz CT molecular complexity index is 503. The molecule has 2 aliphatic rings. The minimum absolute atomic E-state index is 0.0550. The van der Waals surface area contributed by atoms with E-state index < -0.39 is 0 Å². The van der Waals surface area contributed by atoms with Crippen LogP contribution in [0.5, 0.6) is 11.5 Å². The van der Waals surface area contributed by atoms with Gasteiger partial charge in [-0.3, -0.25) is 4.79 Å². The first kappa shape index (κ1) is 12.7. The van der Waals surface area contributed by atoms with E-state index in [2.05, 4.69) is 26.6 Å².